The van der Waals surface area contributed by atoms with E-state index in [9.17, 15) is 8.78 Å². The van der Waals surface area contributed by atoms with E-state index in [2.05, 4.69) is 31.2 Å². The number of unbranched alkanes of at least 4 members (excludes halogenated alkanes) is 2. The van der Waals surface area contributed by atoms with Gasteiger partial charge >= 0.3 is 0 Å². The van der Waals surface area contributed by atoms with Crippen LogP contribution in [-0.2, 0) is 25.4 Å². The van der Waals surface area contributed by atoms with Gasteiger partial charge in [-0.05, 0) is 47.6 Å². The van der Waals surface area contributed by atoms with E-state index in [1.807, 2.05) is 24.3 Å². The molecule has 4 rings (SSSR count). The summed E-state index contributed by atoms with van der Waals surface area (Å²) in [6, 6.07) is 16.1. The van der Waals surface area contributed by atoms with Gasteiger partial charge in [0.15, 0.2) is 12.6 Å². The minimum atomic E-state index is -1.64. The second-order valence-corrected chi connectivity index (χ2v) is 9.10. The number of hydrogen-bond donors (Lipinski definition) is 0. The molecular formula is C28H34F2O4. The van der Waals surface area contributed by atoms with Crippen molar-refractivity contribution in [1.29, 1.82) is 0 Å². The van der Waals surface area contributed by atoms with Crippen molar-refractivity contribution in [2.75, 3.05) is 26.4 Å². The molecule has 0 atom stereocenters. The quantitative estimate of drug-likeness (QED) is 0.381. The van der Waals surface area contributed by atoms with Crippen LogP contribution in [0.4, 0.5) is 8.78 Å². The third-order valence-electron chi connectivity index (χ3n) is 6.51. The Labute approximate surface area is 200 Å². The third-order valence-corrected chi connectivity index (χ3v) is 6.51. The van der Waals surface area contributed by atoms with E-state index < -0.39 is 6.08 Å². The Morgan fingerprint density at radius 1 is 0.824 bits per heavy atom. The van der Waals surface area contributed by atoms with Gasteiger partial charge in [-0.1, -0.05) is 68.3 Å². The molecule has 4 nitrogen and oxygen atoms in total. The van der Waals surface area contributed by atoms with Crippen LogP contribution in [0, 0.1) is 5.92 Å². The first-order valence-electron chi connectivity index (χ1n) is 12.3. The molecule has 6 heteroatoms. The van der Waals surface area contributed by atoms with E-state index in [4.69, 9.17) is 18.9 Å². The highest BCUT2D eigenvalue weighted by Crippen LogP contribution is 2.29. The molecule has 0 saturated carbocycles. The SMILES string of the molecule is CCCCCC1OCC(C2OCC(c3ccc(-c4ccc(CC=C(F)F)cc4)cc3)CO2)CO1. The standard InChI is InChI=1S/C28H34F2O4/c1-2-3-4-5-27-31-18-25(19-32-27)28-33-16-24(17-34-28)23-13-11-22(12-14-23)21-9-6-20(7-10-21)8-15-26(29)30/h6-7,9-15,24-25,27-28H,2-5,8,16-19H2,1H3. The lowest BCUT2D eigenvalue weighted by molar-refractivity contribution is -0.276. The lowest BCUT2D eigenvalue weighted by Crippen LogP contribution is -2.44. The van der Waals surface area contributed by atoms with Gasteiger partial charge in [0.05, 0.1) is 32.3 Å². The lowest BCUT2D eigenvalue weighted by Gasteiger charge is -2.37. The molecule has 0 radical (unpaired) electrons. The number of hydrogen-bond acceptors (Lipinski definition) is 4. The summed E-state index contributed by atoms with van der Waals surface area (Å²) < 4.78 is 48.4. The van der Waals surface area contributed by atoms with Crippen LogP contribution in [0.3, 0.4) is 0 Å². The van der Waals surface area contributed by atoms with Crippen LogP contribution in [-0.4, -0.2) is 39.0 Å². The average Bonchev–Trinajstić information content (AvgIpc) is 2.89. The molecule has 0 amide bonds. The van der Waals surface area contributed by atoms with Gasteiger partial charge in [-0.25, -0.2) is 0 Å². The molecule has 0 bridgehead atoms. The number of benzene rings is 2. The molecule has 2 aliphatic heterocycles. The molecule has 0 N–H and O–H groups in total. The van der Waals surface area contributed by atoms with Crippen molar-refractivity contribution in [2.24, 2.45) is 5.92 Å². The summed E-state index contributed by atoms with van der Waals surface area (Å²) in [4.78, 5) is 0. The summed E-state index contributed by atoms with van der Waals surface area (Å²) >= 11 is 0. The Balaban J connectivity index is 1.24. The molecule has 2 heterocycles. The van der Waals surface area contributed by atoms with Crippen molar-refractivity contribution < 1.29 is 27.7 Å². The van der Waals surface area contributed by atoms with Crippen LogP contribution >= 0.6 is 0 Å². The predicted octanol–water partition coefficient (Wildman–Crippen LogP) is 6.70. The maximum absolute atomic E-state index is 12.3. The first-order chi connectivity index (χ1) is 16.6. The number of ether oxygens (including phenoxy) is 4. The van der Waals surface area contributed by atoms with Crippen LogP contribution in [0.1, 0.15) is 49.7 Å². The topological polar surface area (TPSA) is 36.9 Å². The van der Waals surface area contributed by atoms with Crippen LogP contribution in [0.5, 0.6) is 0 Å². The Morgan fingerprint density at radius 2 is 1.44 bits per heavy atom. The summed E-state index contributed by atoms with van der Waals surface area (Å²) in [5.74, 6) is 0.285. The van der Waals surface area contributed by atoms with Gasteiger partial charge in [-0.15, -0.1) is 0 Å². The van der Waals surface area contributed by atoms with Gasteiger partial charge < -0.3 is 18.9 Å². The molecular weight excluding hydrogens is 438 g/mol. The van der Waals surface area contributed by atoms with Crippen LogP contribution in [0.25, 0.3) is 11.1 Å². The number of allylic oxidation sites excluding steroid dienone is 1. The number of rotatable bonds is 9. The fraction of sp³-hybridized carbons (Fsp3) is 0.500. The molecule has 34 heavy (non-hydrogen) atoms. The first-order valence-corrected chi connectivity index (χ1v) is 12.3. The van der Waals surface area contributed by atoms with Crippen molar-refractivity contribution in [3.05, 3.63) is 71.8 Å². The smallest absolute Gasteiger partial charge is 0.266 e. The van der Waals surface area contributed by atoms with E-state index in [0.717, 1.165) is 35.6 Å². The van der Waals surface area contributed by atoms with Crippen molar-refractivity contribution in [3.8, 4) is 11.1 Å². The summed E-state index contributed by atoms with van der Waals surface area (Å²) in [5.41, 5.74) is 4.18. The van der Waals surface area contributed by atoms with E-state index in [0.29, 0.717) is 26.4 Å². The molecule has 2 saturated heterocycles. The highest BCUT2D eigenvalue weighted by atomic mass is 19.3. The average molecular weight is 473 g/mol. The summed E-state index contributed by atoms with van der Waals surface area (Å²) in [5, 5.41) is 0. The molecule has 0 aliphatic carbocycles. The van der Waals surface area contributed by atoms with E-state index in [1.165, 1.54) is 18.4 Å². The Morgan fingerprint density at radius 3 is 2.03 bits per heavy atom. The van der Waals surface area contributed by atoms with Crippen LogP contribution in [0.2, 0.25) is 0 Å². The van der Waals surface area contributed by atoms with Crippen LogP contribution < -0.4 is 0 Å². The normalized spacial score (nSPS) is 25.1. The lowest BCUT2D eigenvalue weighted by atomic mass is 9.96. The minimum absolute atomic E-state index is 0.0937. The second-order valence-electron chi connectivity index (χ2n) is 9.10. The van der Waals surface area contributed by atoms with Crippen LogP contribution in [0.15, 0.2) is 60.7 Å². The maximum atomic E-state index is 12.3. The zero-order valence-corrected chi connectivity index (χ0v) is 19.8. The number of halogens is 2. The van der Waals surface area contributed by atoms with Crippen molar-refractivity contribution in [3.63, 3.8) is 0 Å². The van der Waals surface area contributed by atoms with Gasteiger partial charge in [0.25, 0.3) is 6.08 Å². The van der Waals surface area contributed by atoms with E-state index in [-0.39, 0.29) is 30.8 Å². The molecule has 2 aromatic carbocycles. The Hall–Kier alpha value is -2.12. The molecule has 0 aromatic heterocycles. The third kappa shape index (κ3) is 6.95. The molecule has 184 valence electrons. The van der Waals surface area contributed by atoms with Gasteiger partial charge in [-0.3, -0.25) is 0 Å². The predicted molar refractivity (Wildman–Crippen MR) is 128 cm³/mol. The van der Waals surface area contributed by atoms with E-state index in [1.54, 1.807) is 0 Å². The maximum Gasteiger partial charge on any atom is 0.266 e. The Kier molecular flexibility index (Phi) is 9.22. The molecule has 2 aliphatic rings. The van der Waals surface area contributed by atoms with E-state index >= 15 is 0 Å². The molecule has 2 aromatic rings. The minimum Gasteiger partial charge on any atom is -0.352 e. The summed E-state index contributed by atoms with van der Waals surface area (Å²) in [7, 11) is 0. The van der Waals surface area contributed by atoms with Crippen molar-refractivity contribution >= 4 is 0 Å². The zero-order chi connectivity index (χ0) is 23.8. The monoisotopic (exact) mass is 472 g/mol. The Bertz CT molecular complexity index is 893. The largest absolute Gasteiger partial charge is 0.352 e. The van der Waals surface area contributed by atoms with Gasteiger partial charge in [0, 0.05) is 5.92 Å². The summed E-state index contributed by atoms with van der Waals surface area (Å²) in [6.07, 6.45) is 3.63. The zero-order valence-electron chi connectivity index (χ0n) is 19.8. The molecule has 0 unspecified atom stereocenters. The summed E-state index contributed by atoms with van der Waals surface area (Å²) in [6.45, 7) is 4.62. The highest BCUT2D eigenvalue weighted by Gasteiger charge is 2.33. The van der Waals surface area contributed by atoms with Gasteiger partial charge in [-0.2, -0.15) is 8.78 Å². The molecule has 0 spiro atoms. The van der Waals surface area contributed by atoms with Gasteiger partial charge in [0.2, 0.25) is 0 Å². The van der Waals surface area contributed by atoms with Crippen molar-refractivity contribution in [2.45, 2.75) is 57.5 Å². The molecule has 2 fully saturated rings. The second kappa shape index (κ2) is 12.5. The fourth-order valence-electron chi connectivity index (χ4n) is 4.40. The van der Waals surface area contributed by atoms with Gasteiger partial charge in [0.1, 0.15) is 0 Å². The van der Waals surface area contributed by atoms with Crippen molar-refractivity contribution in [1.82, 2.24) is 0 Å². The fourth-order valence-corrected chi connectivity index (χ4v) is 4.40. The first kappa shape index (κ1) is 25.0. The highest BCUT2D eigenvalue weighted by molar-refractivity contribution is 5.64.